The van der Waals surface area contributed by atoms with Crippen molar-refractivity contribution in [3.63, 3.8) is 0 Å². The second-order valence-corrected chi connectivity index (χ2v) is 6.65. The first kappa shape index (κ1) is 9.96. The van der Waals surface area contributed by atoms with Crippen LogP contribution in [0.25, 0.3) is 0 Å². The number of nitrogens with one attached hydrogen (secondary N) is 1. The number of fused-ring (bicyclic) bond motifs is 5. The van der Waals surface area contributed by atoms with Gasteiger partial charge in [-0.3, -0.25) is 0 Å². The van der Waals surface area contributed by atoms with Crippen molar-refractivity contribution < 1.29 is 4.52 Å². The standard InChI is InChI=1S/C14H19N3O/c1-2-9(15-5-1)13-16-14(18-17-13)12-10-7-3-4-8(6-7)11(10)12/h7-12,15H,1-6H2. The summed E-state index contributed by atoms with van der Waals surface area (Å²) in [4.78, 5) is 4.69. The molecule has 0 amide bonds. The van der Waals surface area contributed by atoms with Gasteiger partial charge in [0.2, 0.25) is 5.89 Å². The van der Waals surface area contributed by atoms with Crippen LogP contribution in [0, 0.1) is 23.7 Å². The van der Waals surface area contributed by atoms with Crippen LogP contribution >= 0.6 is 0 Å². The van der Waals surface area contributed by atoms with Gasteiger partial charge in [0.1, 0.15) is 0 Å². The maximum absolute atomic E-state index is 5.56. The fourth-order valence-corrected chi connectivity index (χ4v) is 5.08. The van der Waals surface area contributed by atoms with E-state index in [1.807, 2.05) is 0 Å². The summed E-state index contributed by atoms with van der Waals surface area (Å²) in [5.74, 6) is 6.22. The van der Waals surface area contributed by atoms with Crippen molar-refractivity contribution in [2.45, 2.75) is 44.1 Å². The van der Waals surface area contributed by atoms with Gasteiger partial charge >= 0.3 is 0 Å². The average molecular weight is 245 g/mol. The van der Waals surface area contributed by atoms with Gasteiger partial charge in [-0.05, 0) is 62.3 Å². The van der Waals surface area contributed by atoms with Crippen LogP contribution in [0.1, 0.15) is 55.8 Å². The van der Waals surface area contributed by atoms with Gasteiger partial charge in [0.15, 0.2) is 5.82 Å². The Morgan fingerprint density at radius 3 is 2.67 bits per heavy atom. The maximum atomic E-state index is 5.56. The summed E-state index contributed by atoms with van der Waals surface area (Å²) < 4.78 is 5.56. The van der Waals surface area contributed by atoms with Gasteiger partial charge in [-0.15, -0.1) is 0 Å². The Morgan fingerprint density at radius 1 is 1.11 bits per heavy atom. The molecule has 1 aliphatic heterocycles. The molecule has 1 aromatic rings. The van der Waals surface area contributed by atoms with Gasteiger partial charge in [0, 0.05) is 5.92 Å². The zero-order valence-electron chi connectivity index (χ0n) is 10.5. The zero-order valence-corrected chi connectivity index (χ0v) is 10.5. The SMILES string of the molecule is C1CNC(c2noc(C3C4C5CCC(C5)C34)n2)C1. The second kappa shape index (κ2) is 3.35. The Bertz CT molecular complexity index is 463. The van der Waals surface area contributed by atoms with Gasteiger partial charge in [-0.25, -0.2) is 0 Å². The molecule has 0 aromatic carbocycles. The first-order valence-corrected chi connectivity index (χ1v) is 7.49. The number of aromatic nitrogens is 2. The van der Waals surface area contributed by atoms with Crippen LogP contribution in [0.3, 0.4) is 0 Å². The highest BCUT2D eigenvalue weighted by Gasteiger charge is 2.67. The summed E-state index contributed by atoms with van der Waals surface area (Å²) in [6.07, 6.45) is 6.77. The first-order chi connectivity index (χ1) is 8.92. The summed E-state index contributed by atoms with van der Waals surface area (Å²) >= 11 is 0. The van der Waals surface area contributed by atoms with Gasteiger partial charge in [-0.2, -0.15) is 4.98 Å². The van der Waals surface area contributed by atoms with Crippen molar-refractivity contribution in [2.75, 3.05) is 6.54 Å². The van der Waals surface area contributed by atoms with Crippen LogP contribution in [-0.2, 0) is 0 Å². The first-order valence-electron chi connectivity index (χ1n) is 7.49. The van der Waals surface area contributed by atoms with Crippen molar-refractivity contribution in [3.05, 3.63) is 11.7 Å². The fraction of sp³-hybridized carbons (Fsp3) is 0.857. The molecule has 3 aliphatic carbocycles. The predicted molar refractivity (Wildman–Crippen MR) is 64.8 cm³/mol. The van der Waals surface area contributed by atoms with Gasteiger partial charge in [0.25, 0.3) is 0 Å². The third-order valence-corrected chi connectivity index (χ3v) is 5.85. The minimum atomic E-state index is 0.345. The van der Waals surface area contributed by atoms with E-state index < -0.39 is 0 Å². The van der Waals surface area contributed by atoms with Crippen molar-refractivity contribution in [1.29, 1.82) is 0 Å². The molecular formula is C14H19N3O. The minimum Gasteiger partial charge on any atom is -0.339 e. The highest BCUT2D eigenvalue weighted by atomic mass is 16.5. The molecule has 4 heteroatoms. The largest absolute Gasteiger partial charge is 0.339 e. The number of rotatable bonds is 2. The summed E-state index contributed by atoms with van der Waals surface area (Å²) in [5, 5.41) is 7.65. The Hall–Kier alpha value is -0.900. The van der Waals surface area contributed by atoms with Crippen molar-refractivity contribution in [1.82, 2.24) is 15.5 Å². The molecule has 5 rings (SSSR count). The second-order valence-electron chi connectivity index (χ2n) is 6.65. The van der Waals surface area contributed by atoms with Crippen molar-refractivity contribution in [3.8, 4) is 0 Å². The topological polar surface area (TPSA) is 51.0 Å². The quantitative estimate of drug-likeness (QED) is 0.868. The van der Waals surface area contributed by atoms with E-state index in [2.05, 4.69) is 10.5 Å². The fourth-order valence-electron chi connectivity index (χ4n) is 5.08. The molecule has 3 saturated carbocycles. The number of hydrogen-bond donors (Lipinski definition) is 1. The summed E-state index contributed by atoms with van der Waals surface area (Å²) in [7, 11) is 0. The minimum absolute atomic E-state index is 0.345. The van der Waals surface area contributed by atoms with E-state index in [4.69, 9.17) is 9.51 Å². The molecule has 4 fully saturated rings. The predicted octanol–water partition coefficient (Wildman–Crippen LogP) is 2.25. The van der Waals surface area contributed by atoms with Crippen LogP contribution in [0.2, 0.25) is 0 Å². The number of nitrogens with zero attached hydrogens (tertiary/aromatic N) is 2. The Kier molecular flexibility index (Phi) is 1.85. The highest BCUT2D eigenvalue weighted by Crippen LogP contribution is 2.72. The maximum Gasteiger partial charge on any atom is 0.230 e. The lowest BCUT2D eigenvalue weighted by molar-refractivity contribution is 0.349. The van der Waals surface area contributed by atoms with E-state index in [-0.39, 0.29) is 0 Å². The van der Waals surface area contributed by atoms with E-state index in [1.54, 1.807) is 0 Å². The smallest absolute Gasteiger partial charge is 0.230 e. The molecule has 1 aromatic heterocycles. The summed E-state index contributed by atoms with van der Waals surface area (Å²) in [5.41, 5.74) is 0. The molecule has 0 spiro atoms. The molecule has 1 N–H and O–H groups in total. The third-order valence-electron chi connectivity index (χ3n) is 5.85. The van der Waals surface area contributed by atoms with E-state index in [9.17, 15) is 0 Å². The van der Waals surface area contributed by atoms with E-state index in [0.29, 0.717) is 12.0 Å². The van der Waals surface area contributed by atoms with Crippen LogP contribution < -0.4 is 5.32 Å². The van der Waals surface area contributed by atoms with Crippen molar-refractivity contribution in [2.24, 2.45) is 23.7 Å². The van der Waals surface area contributed by atoms with Gasteiger partial charge < -0.3 is 9.84 Å². The molecule has 1 saturated heterocycles. The van der Waals surface area contributed by atoms with Crippen molar-refractivity contribution >= 4 is 0 Å². The molecule has 96 valence electrons. The molecule has 2 bridgehead atoms. The summed E-state index contributed by atoms with van der Waals surface area (Å²) in [6, 6.07) is 0.345. The Balaban J connectivity index is 1.39. The highest BCUT2D eigenvalue weighted by molar-refractivity contribution is 5.23. The van der Waals surface area contributed by atoms with Crippen LogP contribution in [-0.4, -0.2) is 16.7 Å². The lowest BCUT2D eigenvalue weighted by Crippen LogP contribution is -2.14. The van der Waals surface area contributed by atoms with E-state index >= 15 is 0 Å². The van der Waals surface area contributed by atoms with Crippen LogP contribution in [0.15, 0.2) is 4.52 Å². The lowest BCUT2D eigenvalue weighted by Gasteiger charge is -2.04. The Labute approximate surface area is 107 Å². The normalized spacial score (nSPS) is 48.7. The molecule has 5 unspecified atom stereocenters. The molecule has 0 radical (unpaired) electrons. The van der Waals surface area contributed by atoms with Gasteiger partial charge in [-0.1, -0.05) is 5.16 Å². The molecule has 2 heterocycles. The number of hydrogen-bond acceptors (Lipinski definition) is 4. The lowest BCUT2D eigenvalue weighted by atomic mass is 10.0. The zero-order chi connectivity index (χ0) is 11.7. The molecular weight excluding hydrogens is 226 g/mol. The third kappa shape index (κ3) is 1.20. The summed E-state index contributed by atoms with van der Waals surface area (Å²) in [6.45, 7) is 1.09. The monoisotopic (exact) mass is 245 g/mol. The molecule has 5 atom stereocenters. The average Bonchev–Trinajstić information content (AvgIpc) is 2.97. The van der Waals surface area contributed by atoms with E-state index in [0.717, 1.165) is 48.4 Å². The molecule has 4 aliphatic rings. The van der Waals surface area contributed by atoms with Crippen LogP contribution in [0.4, 0.5) is 0 Å². The van der Waals surface area contributed by atoms with E-state index in [1.165, 1.54) is 25.7 Å². The molecule has 4 nitrogen and oxygen atoms in total. The molecule has 18 heavy (non-hydrogen) atoms. The van der Waals surface area contributed by atoms with Crippen LogP contribution in [0.5, 0.6) is 0 Å². The Morgan fingerprint density at radius 2 is 1.94 bits per heavy atom. The van der Waals surface area contributed by atoms with Gasteiger partial charge in [0.05, 0.1) is 6.04 Å².